The van der Waals surface area contributed by atoms with Crippen LogP contribution in [0.2, 0.25) is 0 Å². The highest BCUT2D eigenvalue weighted by atomic mass is 16.4. The number of nitrogens with one attached hydrogen (secondary N) is 1. The van der Waals surface area contributed by atoms with Crippen molar-refractivity contribution < 1.29 is 9.90 Å². The molecule has 7 nitrogen and oxygen atoms in total. The maximum Gasteiger partial charge on any atom is 0.305 e. The minimum absolute atomic E-state index is 0.195. The summed E-state index contributed by atoms with van der Waals surface area (Å²) in [7, 11) is 0. The third-order valence-electron chi connectivity index (χ3n) is 1.09. The first kappa shape index (κ1) is 7.61. The van der Waals surface area contributed by atoms with Crippen LogP contribution in [-0.2, 0) is 4.79 Å². The quantitative estimate of drug-likeness (QED) is 0.500. The van der Waals surface area contributed by atoms with Crippen LogP contribution in [0.25, 0.3) is 0 Å². The molecule has 1 aromatic heterocycles. The lowest BCUT2D eigenvalue weighted by atomic mass is 10.2. The molecule has 0 saturated carbocycles. The van der Waals surface area contributed by atoms with Crippen molar-refractivity contribution in [3.63, 3.8) is 0 Å². The number of rotatable bonds is 3. The van der Waals surface area contributed by atoms with Gasteiger partial charge in [0, 0.05) is 0 Å². The van der Waals surface area contributed by atoms with Crippen LogP contribution < -0.4 is 5.73 Å². The van der Waals surface area contributed by atoms with Gasteiger partial charge in [-0.25, -0.2) is 0 Å². The van der Waals surface area contributed by atoms with Crippen LogP contribution in [0.4, 0.5) is 0 Å². The van der Waals surface area contributed by atoms with Crippen molar-refractivity contribution in [3.05, 3.63) is 5.82 Å². The van der Waals surface area contributed by atoms with Gasteiger partial charge in [-0.3, -0.25) is 4.79 Å². The SMILES string of the molecule is NC(CC(=O)O)c1nn[nH]n1. The number of carboxylic acids is 1. The summed E-state index contributed by atoms with van der Waals surface area (Å²) in [6.45, 7) is 0. The van der Waals surface area contributed by atoms with E-state index in [4.69, 9.17) is 10.8 Å². The van der Waals surface area contributed by atoms with Crippen molar-refractivity contribution in [2.24, 2.45) is 5.73 Å². The van der Waals surface area contributed by atoms with Gasteiger partial charge in [0.05, 0.1) is 12.5 Å². The molecule has 0 radical (unpaired) electrons. The molecule has 0 fully saturated rings. The van der Waals surface area contributed by atoms with E-state index < -0.39 is 12.0 Å². The number of hydrogen-bond donors (Lipinski definition) is 3. The number of hydrogen-bond acceptors (Lipinski definition) is 5. The summed E-state index contributed by atoms with van der Waals surface area (Å²) < 4.78 is 0. The Morgan fingerprint density at radius 2 is 2.55 bits per heavy atom. The highest BCUT2D eigenvalue weighted by Gasteiger charge is 2.13. The largest absolute Gasteiger partial charge is 0.481 e. The summed E-state index contributed by atoms with van der Waals surface area (Å²) >= 11 is 0. The average molecular weight is 157 g/mol. The number of carboxylic acid groups (broad SMARTS) is 1. The molecule has 7 heteroatoms. The lowest BCUT2D eigenvalue weighted by molar-refractivity contribution is -0.137. The average Bonchev–Trinajstić information content (AvgIpc) is 2.35. The molecule has 0 amide bonds. The molecule has 4 N–H and O–H groups in total. The molecule has 1 atom stereocenters. The van der Waals surface area contributed by atoms with Crippen LogP contribution in [0, 0.1) is 0 Å². The second kappa shape index (κ2) is 3.06. The fourth-order valence-electron chi connectivity index (χ4n) is 0.606. The Morgan fingerprint density at radius 3 is 3.00 bits per heavy atom. The molecular formula is C4H7N5O2. The Hall–Kier alpha value is -1.50. The molecule has 60 valence electrons. The topological polar surface area (TPSA) is 118 Å². The number of aliphatic carboxylic acids is 1. The van der Waals surface area contributed by atoms with E-state index in [1.807, 2.05) is 0 Å². The molecular weight excluding hydrogens is 150 g/mol. The molecule has 0 aromatic carbocycles. The highest BCUT2D eigenvalue weighted by molar-refractivity contribution is 5.67. The second-order valence-electron chi connectivity index (χ2n) is 1.97. The standard InChI is InChI=1S/C4H7N5O2/c5-2(1-3(10)11)4-6-8-9-7-4/h2H,1,5H2,(H,10,11)(H,6,7,8,9). The summed E-state index contributed by atoms with van der Waals surface area (Å²) in [6.07, 6.45) is -0.195. The molecule has 1 aromatic rings. The lowest BCUT2D eigenvalue weighted by Crippen LogP contribution is -2.16. The van der Waals surface area contributed by atoms with Crippen LogP contribution in [0.5, 0.6) is 0 Å². The first-order chi connectivity index (χ1) is 5.20. The molecule has 0 saturated heterocycles. The highest BCUT2D eigenvalue weighted by Crippen LogP contribution is 2.05. The van der Waals surface area contributed by atoms with Gasteiger partial charge in [-0.15, -0.1) is 10.2 Å². The Bertz CT molecular complexity index is 233. The molecule has 1 heterocycles. The summed E-state index contributed by atoms with van der Waals surface area (Å²) in [5, 5.41) is 20.8. The van der Waals surface area contributed by atoms with Crippen molar-refractivity contribution in [3.8, 4) is 0 Å². The van der Waals surface area contributed by atoms with E-state index in [2.05, 4.69) is 20.6 Å². The van der Waals surface area contributed by atoms with Gasteiger partial charge >= 0.3 is 5.97 Å². The predicted octanol–water partition coefficient (Wildman–Crippen LogP) is -1.33. The van der Waals surface area contributed by atoms with E-state index in [9.17, 15) is 4.79 Å². The molecule has 0 aliphatic carbocycles. The Labute approximate surface area is 61.6 Å². The number of aromatic nitrogens is 4. The zero-order valence-corrected chi connectivity index (χ0v) is 5.56. The van der Waals surface area contributed by atoms with E-state index in [0.29, 0.717) is 0 Å². The van der Waals surface area contributed by atoms with Gasteiger partial charge in [0.25, 0.3) is 0 Å². The minimum Gasteiger partial charge on any atom is -0.481 e. The zero-order chi connectivity index (χ0) is 8.27. The second-order valence-corrected chi connectivity index (χ2v) is 1.97. The maximum atomic E-state index is 10.1. The van der Waals surface area contributed by atoms with Crippen molar-refractivity contribution in [2.45, 2.75) is 12.5 Å². The third kappa shape index (κ3) is 1.97. The summed E-state index contributed by atoms with van der Waals surface area (Å²) in [5.41, 5.74) is 5.37. The Kier molecular flexibility index (Phi) is 2.12. The van der Waals surface area contributed by atoms with Gasteiger partial charge in [0.1, 0.15) is 0 Å². The Balaban J connectivity index is 2.56. The zero-order valence-electron chi connectivity index (χ0n) is 5.56. The van der Waals surface area contributed by atoms with Gasteiger partial charge in [-0.1, -0.05) is 5.21 Å². The fourth-order valence-corrected chi connectivity index (χ4v) is 0.606. The predicted molar refractivity (Wildman–Crippen MR) is 33.4 cm³/mol. The third-order valence-corrected chi connectivity index (χ3v) is 1.09. The van der Waals surface area contributed by atoms with Gasteiger partial charge in [0.15, 0.2) is 5.82 Å². The van der Waals surface area contributed by atoms with Crippen molar-refractivity contribution in [1.82, 2.24) is 20.6 Å². The van der Waals surface area contributed by atoms with E-state index >= 15 is 0 Å². The van der Waals surface area contributed by atoms with Crippen molar-refractivity contribution >= 4 is 5.97 Å². The summed E-state index contributed by atoms with van der Waals surface area (Å²) in [4.78, 5) is 10.1. The van der Waals surface area contributed by atoms with E-state index in [0.717, 1.165) is 0 Å². The monoisotopic (exact) mass is 157 g/mol. The van der Waals surface area contributed by atoms with Gasteiger partial charge < -0.3 is 10.8 Å². The van der Waals surface area contributed by atoms with Crippen LogP contribution in [0.15, 0.2) is 0 Å². The molecule has 11 heavy (non-hydrogen) atoms. The van der Waals surface area contributed by atoms with Gasteiger partial charge in [-0.2, -0.15) is 5.21 Å². The van der Waals surface area contributed by atoms with Crippen LogP contribution in [0.1, 0.15) is 18.3 Å². The fraction of sp³-hybridized carbons (Fsp3) is 0.500. The lowest BCUT2D eigenvalue weighted by Gasteiger charge is -2.00. The van der Waals surface area contributed by atoms with Crippen LogP contribution >= 0.6 is 0 Å². The molecule has 0 aliphatic heterocycles. The van der Waals surface area contributed by atoms with Gasteiger partial charge in [-0.05, 0) is 0 Å². The first-order valence-electron chi connectivity index (χ1n) is 2.91. The van der Waals surface area contributed by atoms with Crippen molar-refractivity contribution in [1.29, 1.82) is 0 Å². The number of tetrazole rings is 1. The molecule has 0 spiro atoms. The molecule has 0 bridgehead atoms. The molecule has 1 rings (SSSR count). The van der Waals surface area contributed by atoms with E-state index in [1.165, 1.54) is 0 Å². The normalized spacial score (nSPS) is 12.8. The summed E-state index contributed by atoms with van der Waals surface area (Å²) in [6, 6.07) is -0.689. The Morgan fingerprint density at radius 1 is 1.82 bits per heavy atom. The smallest absolute Gasteiger partial charge is 0.305 e. The van der Waals surface area contributed by atoms with Crippen molar-refractivity contribution in [2.75, 3.05) is 0 Å². The van der Waals surface area contributed by atoms with Crippen LogP contribution in [-0.4, -0.2) is 31.7 Å². The molecule has 1 unspecified atom stereocenters. The number of aromatic amines is 1. The summed E-state index contributed by atoms with van der Waals surface area (Å²) in [5.74, 6) is -0.769. The molecule has 0 aliphatic rings. The number of carbonyl (C=O) groups is 1. The minimum atomic E-state index is -0.984. The number of nitrogens with zero attached hydrogens (tertiary/aromatic N) is 3. The van der Waals surface area contributed by atoms with Crippen LogP contribution in [0.3, 0.4) is 0 Å². The maximum absolute atomic E-state index is 10.1. The van der Waals surface area contributed by atoms with E-state index in [1.54, 1.807) is 0 Å². The first-order valence-corrected chi connectivity index (χ1v) is 2.91. The number of H-pyrrole nitrogens is 1. The van der Waals surface area contributed by atoms with Gasteiger partial charge in [0.2, 0.25) is 0 Å². The van der Waals surface area contributed by atoms with E-state index in [-0.39, 0.29) is 12.2 Å². The number of nitrogens with two attached hydrogens (primary N) is 1.